The number of fused-ring (bicyclic) bond motifs is 1. The maximum Gasteiger partial charge on any atom is 0.332 e. The van der Waals surface area contributed by atoms with E-state index in [9.17, 15) is 9.59 Å². The van der Waals surface area contributed by atoms with Crippen LogP contribution in [0.15, 0.2) is 9.59 Å². The van der Waals surface area contributed by atoms with Gasteiger partial charge in [-0.3, -0.25) is 13.9 Å². The molecular weight excluding hydrogens is 234 g/mol. The van der Waals surface area contributed by atoms with Crippen LogP contribution in [0.4, 0.5) is 0 Å². The van der Waals surface area contributed by atoms with Crippen LogP contribution in [0.3, 0.4) is 0 Å². The van der Waals surface area contributed by atoms with Gasteiger partial charge in [-0.25, -0.2) is 9.78 Å². The Hall–Kier alpha value is -1.89. The maximum atomic E-state index is 12.2. The van der Waals surface area contributed by atoms with Crippen molar-refractivity contribution >= 4 is 11.2 Å². The van der Waals surface area contributed by atoms with E-state index in [0.29, 0.717) is 36.5 Å². The van der Waals surface area contributed by atoms with Gasteiger partial charge in [-0.15, -0.1) is 0 Å². The number of hydrogen-bond donors (Lipinski definition) is 1. The topological polar surface area (TPSA) is 87.8 Å². The molecule has 0 unspecified atom stereocenters. The molecule has 7 nitrogen and oxygen atoms in total. The van der Waals surface area contributed by atoms with E-state index in [1.54, 1.807) is 25.6 Å². The van der Waals surface area contributed by atoms with E-state index in [0.717, 1.165) is 0 Å². The van der Waals surface area contributed by atoms with Crippen molar-refractivity contribution in [2.75, 3.05) is 6.54 Å². The van der Waals surface area contributed by atoms with Gasteiger partial charge in [-0.05, 0) is 13.5 Å². The fourth-order valence-electron chi connectivity index (χ4n) is 2.12. The molecule has 18 heavy (non-hydrogen) atoms. The highest BCUT2D eigenvalue weighted by atomic mass is 16.2. The summed E-state index contributed by atoms with van der Waals surface area (Å²) in [5, 5.41) is 0. The van der Waals surface area contributed by atoms with Gasteiger partial charge in [-0.2, -0.15) is 0 Å². The zero-order valence-electron chi connectivity index (χ0n) is 10.8. The molecule has 2 aromatic heterocycles. The third-order valence-electron chi connectivity index (χ3n) is 3.14. The zero-order valence-corrected chi connectivity index (χ0v) is 10.8. The van der Waals surface area contributed by atoms with Gasteiger partial charge in [0.2, 0.25) is 0 Å². The van der Waals surface area contributed by atoms with E-state index in [1.807, 2.05) is 0 Å². The first-order valence-corrected chi connectivity index (χ1v) is 5.88. The highest BCUT2D eigenvalue weighted by Crippen LogP contribution is 2.08. The molecular formula is C11H17N5O2. The molecule has 0 saturated carbocycles. The van der Waals surface area contributed by atoms with Gasteiger partial charge in [0.05, 0.1) is 0 Å². The Morgan fingerprint density at radius 2 is 1.89 bits per heavy atom. The van der Waals surface area contributed by atoms with Gasteiger partial charge in [0.15, 0.2) is 11.2 Å². The van der Waals surface area contributed by atoms with Crippen molar-refractivity contribution in [2.45, 2.75) is 19.9 Å². The molecule has 98 valence electrons. The number of nitrogens with zero attached hydrogens (tertiary/aromatic N) is 4. The van der Waals surface area contributed by atoms with Gasteiger partial charge in [0.25, 0.3) is 5.56 Å². The van der Waals surface area contributed by atoms with E-state index in [1.165, 1.54) is 9.13 Å². The summed E-state index contributed by atoms with van der Waals surface area (Å²) in [4.78, 5) is 28.5. The molecule has 2 rings (SSSR count). The summed E-state index contributed by atoms with van der Waals surface area (Å²) in [6.45, 7) is 2.57. The van der Waals surface area contributed by atoms with Gasteiger partial charge >= 0.3 is 5.69 Å². The van der Waals surface area contributed by atoms with Crippen LogP contribution in [0.5, 0.6) is 0 Å². The number of aromatic nitrogens is 4. The lowest BCUT2D eigenvalue weighted by molar-refractivity contribution is 0.635. The maximum absolute atomic E-state index is 12.2. The summed E-state index contributed by atoms with van der Waals surface area (Å²) in [7, 11) is 3.39. The van der Waals surface area contributed by atoms with Crippen molar-refractivity contribution in [3.63, 3.8) is 0 Å². The third kappa shape index (κ3) is 1.59. The molecule has 0 aliphatic carbocycles. The van der Waals surface area contributed by atoms with E-state index >= 15 is 0 Å². The third-order valence-corrected chi connectivity index (χ3v) is 3.14. The van der Waals surface area contributed by atoms with Gasteiger partial charge < -0.3 is 10.3 Å². The Kier molecular flexibility index (Phi) is 3.08. The molecule has 7 heteroatoms. The molecule has 0 amide bonds. The summed E-state index contributed by atoms with van der Waals surface area (Å²) in [6.07, 6.45) is 0.574. The second-order valence-electron chi connectivity index (χ2n) is 4.19. The predicted molar refractivity (Wildman–Crippen MR) is 68.6 cm³/mol. The van der Waals surface area contributed by atoms with Crippen LogP contribution < -0.4 is 17.0 Å². The van der Waals surface area contributed by atoms with Crippen molar-refractivity contribution in [1.29, 1.82) is 0 Å². The molecule has 0 atom stereocenters. The molecule has 0 spiro atoms. The first-order chi connectivity index (χ1) is 8.52. The molecule has 0 saturated heterocycles. The van der Waals surface area contributed by atoms with Crippen molar-refractivity contribution in [2.24, 2.45) is 19.8 Å². The average Bonchev–Trinajstić information content (AvgIpc) is 2.66. The summed E-state index contributed by atoms with van der Waals surface area (Å²) < 4.78 is 4.33. The quantitative estimate of drug-likeness (QED) is 0.754. The van der Waals surface area contributed by atoms with E-state index in [2.05, 4.69) is 4.98 Å². The van der Waals surface area contributed by atoms with Crippen LogP contribution in [0.25, 0.3) is 11.2 Å². The first kappa shape index (κ1) is 12.6. The van der Waals surface area contributed by atoms with Gasteiger partial charge in [-0.1, -0.05) is 0 Å². The normalized spacial score (nSPS) is 11.3. The molecule has 2 aromatic rings. The first-order valence-electron chi connectivity index (χ1n) is 5.88. The number of nitrogens with two attached hydrogens (primary N) is 1. The SMILES string of the molecule is CCn1c(=O)c2c(nc(CCN)n2C)n(C)c1=O. The lowest BCUT2D eigenvalue weighted by Crippen LogP contribution is -2.39. The smallest absolute Gasteiger partial charge is 0.330 e. The van der Waals surface area contributed by atoms with Crippen molar-refractivity contribution in [3.05, 3.63) is 26.7 Å². The van der Waals surface area contributed by atoms with Gasteiger partial charge in [0.1, 0.15) is 5.82 Å². The second-order valence-corrected chi connectivity index (χ2v) is 4.19. The Bertz CT molecular complexity index is 707. The molecule has 0 bridgehead atoms. The average molecular weight is 251 g/mol. The summed E-state index contributed by atoms with van der Waals surface area (Å²) in [6, 6.07) is 0. The largest absolute Gasteiger partial charge is 0.332 e. The van der Waals surface area contributed by atoms with E-state index in [4.69, 9.17) is 5.73 Å². The van der Waals surface area contributed by atoms with E-state index < -0.39 is 0 Å². The molecule has 0 aliphatic heterocycles. The zero-order chi connectivity index (χ0) is 13.4. The standard InChI is InChI=1S/C11H17N5O2/c1-4-16-10(17)8-9(15(3)11(16)18)13-7(5-6-12)14(8)2/h4-6,12H2,1-3H3. The molecule has 2 heterocycles. The Morgan fingerprint density at radius 1 is 1.22 bits per heavy atom. The second kappa shape index (κ2) is 4.41. The molecule has 2 N–H and O–H groups in total. The van der Waals surface area contributed by atoms with Gasteiger partial charge in [0, 0.05) is 27.1 Å². The summed E-state index contributed by atoms with van der Waals surface area (Å²) in [5.74, 6) is 0.716. The van der Waals surface area contributed by atoms with Crippen LogP contribution in [-0.2, 0) is 27.1 Å². The molecule has 0 fully saturated rings. The van der Waals surface area contributed by atoms with Crippen molar-refractivity contribution < 1.29 is 0 Å². The number of aryl methyl sites for hydroxylation is 2. The fraction of sp³-hybridized carbons (Fsp3) is 0.545. The highest BCUT2D eigenvalue weighted by molar-refractivity contribution is 5.70. The number of imidazole rings is 1. The lowest BCUT2D eigenvalue weighted by Gasteiger charge is -2.05. The number of hydrogen-bond acceptors (Lipinski definition) is 4. The van der Waals surface area contributed by atoms with Crippen molar-refractivity contribution in [3.8, 4) is 0 Å². The van der Waals surface area contributed by atoms with Crippen LogP contribution >= 0.6 is 0 Å². The lowest BCUT2D eigenvalue weighted by atomic mass is 10.4. The predicted octanol–water partition coefficient (Wildman–Crippen LogP) is -1.05. The Balaban J connectivity index is 2.95. The van der Waals surface area contributed by atoms with Crippen LogP contribution in [0.1, 0.15) is 12.7 Å². The monoisotopic (exact) mass is 251 g/mol. The van der Waals surface area contributed by atoms with Crippen molar-refractivity contribution in [1.82, 2.24) is 18.7 Å². The highest BCUT2D eigenvalue weighted by Gasteiger charge is 2.16. The molecule has 0 radical (unpaired) electrons. The minimum absolute atomic E-state index is 0.297. The van der Waals surface area contributed by atoms with Crippen LogP contribution in [-0.4, -0.2) is 25.2 Å². The molecule has 0 aliphatic rings. The van der Waals surface area contributed by atoms with Crippen LogP contribution in [0.2, 0.25) is 0 Å². The van der Waals surface area contributed by atoms with E-state index in [-0.39, 0.29) is 11.2 Å². The summed E-state index contributed by atoms with van der Waals surface area (Å²) in [5.41, 5.74) is 5.73. The Labute approximate surface area is 103 Å². The summed E-state index contributed by atoms with van der Waals surface area (Å²) >= 11 is 0. The van der Waals surface area contributed by atoms with Crippen LogP contribution in [0, 0.1) is 0 Å². The minimum atomic E-state index is -0.340. The fourth-order valence-corrected chi connectivity index (χ4v) is 2.12. The number of rotatable bonds is 3. The molecule has 0 aromatic carbocycles. The Morgan fingerprint density at radius 3 is 2.44 bits per heavy atom. The minimum Gasteiger partial charge on any atom is -0.330 e.